The van der Waals surface area contributed by atoms with E-state index in [2.05, 4.69) is 20.9 Å². The maximum atomic E-state index is 12.1. The Labute approximate surface area is 128 Å². The fraction of sp³-hybridized carbons (Fsp3) is 0.417. The predicted molar refractivity (Wildman–Crippen MR) is 74.8 cm³/mol. The summed E-state index contributed by atoms with van der Waals surface area (Å²) in [4.78, 5) is 38.2. The highest BCUT2D eigenvalue weighted by molar-refractivity contribution is 9.10. The molecule has 1 aromatic rings. The largest absolute Gasteiger partial charge is 0.465 e. The second-order valence-corrected chi connectivity index (χ2v) is 4.75. The molecule has 1 atom stereocenters. The summed E-state index contributed by atoms with van der Waals surface area (Å²) in [6.07, 6.45) is 2.25. The number of pyridine rings is 1. The van der Waals surface area contributed by atoms with Crippen LogP contribution in [0.25, 0.3) is 0 Å². The highest BCUT2D eigenvalue weighted by Gasteiger charge is 2.37. The Morgan fingerprint density at radius 3 is 2.67 bits per heavy atom. The summed E-state index contributed by atoms with van der Waals surface area (Å²) < 4.78 is 9.73. The molecule has 1 heterocycles. The molecule has 8 nitrogen and oxygen atoms in total. The van der Waals surface area contributed by atoms with Crippen molar-refractivity contribution in [1.82, 2.24) is 4.98 Å². The lowest BCUT2D eigenvalue weighted by Crippen LogP contribution is -2.28. The predicted octanol–water partition coefficient (Wildman–Crippen LogP) is 1.61. The van der Waals surface area contributed by atoms with Crippen LogP contribution in [0.2, 0.25) is 0 Å². The van der Waals surface area contributed by atoms with Crippen LogP contribution in [0.15, 0.2) is 16.9 Å². The lowest BCUT2D eigenvalue weighted by Gasteiger charge is -2.15. The minimum absolute atomic E-state index is 0.0477. The summed E-state index contributed by atoms with van der Waals surface area (Å²) in [5, 5.41) is 11.1. The number of halogens is 1. The number of carbonyl (C=O) groups is 2. The standard InChI is InChI=1S/C12H13BrN2O6/c1-3-21-12(17)11(9(16)6-20-2)10-7(13)4-14-5-8(10)15(18)19/h4-5,11H,3,6H2,1-2H3. The molecule has 1 aromatic heterocycles. The number of esters is 1. The van der Waals surface area contributed by atoms with Crippen molar-refractivity contribution >= 4 is 33.4 Å². The molecule has 0 aliphatic heterocycles. The first-order chi connectivity index (χ1) is 9.93. The zero-order chi connectivity index (χ0) is 16.0. The van der Waals surface area contributed by atoms with Crippen molar-refractivity contribution in [3.63, 3.8) is 0 Å². The second kappa shape index (κ2) is 7.79. The van der Waals surface area contributed by atoms with Crippen molar-refractivity contribution in [1.29, 1.82) is 0 Å². The van der Waals surface area contributed by atoms with Crippen LogP contribution < -0.4 is 0 Å². The molecule has 0 saturated carbocycles. The van der Waals surface area contributed by atoms with Gasteiger partial charge < -0.3 is 9.47 Å². The molecule has 1 rings (SSSR count). The number of aromatic nitrogens is 1. The summed E-state index contributed by atoms with van der Waals surface area (Å²) in [6, 6.07) is 0. The lowest BCUT2D eigenvalue weighted by molar-refractivity contribution is -0.386. The average molecular weight is 361 g/mol. The number of ketones is 1. The van der Waals surface area contributed by atoms with Gasteiger partial charge >= 0.3 is 5.97 Å². The van der Waals surface area contributed by atoms with Gasteiger partial charge in [-0.3, -0.25) is 24.7 Å². The molecule has 0 aliphatic carbocycles. The van der Waals surface area contributed by atoms with Gasteiger partial charge in [-0.15, -0.1) is 0 Å². The molecular formula is C12H13BrN2O6. The quantitative estimate of drug-likeness (QED) is 0.314. The molecule has 114 valence electrons. The molecule has 0 N–H and O–H groups in total. The highest BCUT2D eigenvalue weighted by atomic mass is 79.9. The molecule has 21 heavy (non-hydrogen) atoms. The minimum atomic E-state index is -1.44. The second-order valence-electron chi connectivity index (χ2n) is 3.90. The summed E-state index contributed by atoms with van der Waals surface area (Å²) in [5.74, 6) is -2.94. The normalized spacial score (nSPS) is 11.8. The number of Topliss-reactive ketones (excluding diaryl/α,β-unsaturated/α-hetero) is 1. The van der Waals surface area contributed by atoms with E-state index in [4.69, 9.17) is 9.47 Å². The van der Waals surface area contributed by atoms with Gasteiger partial charge in [-0.25, -0.2) is 0 Å². The van der Waals surface area contributed by atoms with Crippen LogP contribution in [0, 0.1) is 10.1 Å². The highest BCUT2D eigenvalue weighted by Crippen LogP contribution is 2.34. The molecule has 0 amide bonds. The fourth-order valence-corrected chi connectivity index (χ4v) is 2.28. The zero-order valence-corrected chi connectivity index (χ0v) is 13.0. The average Bonchev–Trinajstić information content (AvgIpc) is 2.41. The third-order valence-electron chi connectivity index (χ3n) is 2.53. The van der Waals surface area contributed by atoms with Crippen LogP contribution in [-0.4, -0.2) is 42.0 Å². The van der Waals surface area contributed by atoms with E-state index >= 15 is 0 Å². The molecule has 0 aromatic carbocycles. The van der Waals surface area contributed by atoms with Gasteiger partial charge in [0.05, 0.1) is 17.1 Å². The molecule has 0 spiro atoms. The Hall–Kier alpha value is -1.87. The number of methoxy groups -OCH3 is 1. The monoisotopic (exact) mass is 360 g/mol. The first-order valence-electron chi connectivity index (χ1n) is 5.90. The molecule has 0 aliphatic rings. The summed E-state index contributed by atoms with van der Waals surface area (Å²) in [6.45, 7) is 1.26. The number of carbonyl (C=O) groups excluding carboxylic acids is 2. The van der Waals surface area contributed by atoms with Crippen LogP contribution in [0.1, 0.15) is 18.4 Å². The molecule has 0 fully saturated rings. The molecule has 1 unspecified atom stereocenters. The summed E-state index contributed by atoms with van der Waals surface area (Å²) in [5.41, 5.74) is -0.526. The Morgan fingerprint density at radius 2 is 2.14 bits per heavy atom. The molecule has 9 heteroatoms. The van der Waals surface area contributed by atoms with Gasteiger partial charge in [0, 0.05) is 17.8 Å². The first-order valence-corrected chi connectivity index (χ1v) is 6.69. The number of hydrogen-bond acceptors (Lipinski definition) is 7. The third kappa shape index (κ3) is 4.05. The van der Waals surface area contributed by atoms with E-state index in [1.807, 2.05) is 0 Å². The van der Waals surface area contributed by atoms with E-state index in [0.717, 1.165) is 6.20 Å². The van der Waals surface area contributed by atoms with E-state index in [9.17, 15) is 19.7 Å². The maximum Gasteiger partial charge on any atom is 0.321 e. The third-order valence-corrected chi connectivity index (χ3v) is 3.17. The van der Waals surface area contributed by atoms with Gasteiger partial charge in [0.2, 0.25) is 0 Å². The zero-order valence-electron chi connectivity index (χ0n) is 11.4. The van der Waals surface area contributed by atoms with Crippen LogP contribution >= 0.6 is 15.9 Å². The summed E-state index contributed by atoms with van der Waals surface area (Å²) in [7, 11) is 1.29. The maximum absolute atomic E-state index is 12.1. The van der Waals surface area contributed by atoms with Crippen molar-refractivity contribution in [2.75, 3.05) is 20.3 Å². The van der Waals surface area contributed by atoms with Crippen molar-refractivity contribution in [3.8, 4) is 0 Å². The van der Waals surface area contributed by atoms with Crippen LogP contribution in [0.3, 0.4) is 0 Å². The molecule has 0 bridgehead atoms. The Bertz CT molecular complexity index is 545. The van der Waals surface area contributed by atoms with Crippen molar-refractivity contribution in [2.45, 2.75) is 12.8 Å². The molecular weight excluding hydrogens is 348 g/mol. The fourth-order valence-electron chi connectivity index (χ4n) is 1.73. The molecule has 0 saturated heterocycles. The first kappa shape index (κ1) is 17.2. The minimum Gasteiger partial charge on any atom is -0.465 e. The van der Waals surface area contributed by atoms with E-state index in [1.54, 1.807) is 6.92 Å². The van der Waals surface area contributed by atoms with Gasteiger partial charge in [0.25, 0.3) is 5.69 Å². The number of nitrogens with zero attached hydrogens (tertiary/aromatic N) is 2. The van der Waals surface area contributed by atoms with Gasteiger partial charge in [-0.2, -0.15) is 0 Å². The Kier molecular flexibility index (Phi) is 6.38. The number of hydrogen-bond donors (Lipinski definition) is 0. The summed E-state index contributed by atoms with van der Waals surface area (Å²) >= 11 is 3.09. The smallest absolute Gasteiger partial charge is 0.321 e. The van der Waals surface area contributed by atoms with Gasteiger partial charge in [-0.05, 0) is 22.9 Å². The molecule has 0 radical (unpaired) electrons. The van der Waals surface area contributed by atoms with E-state index in [0.29, 0.717) is 0 Å². The van der Waals surface area contributed by atoms with Crippen molar-refractivity contribution in [3.05, 3.63) is 32.5 Å². The Balaban J connectivity index is 3.42. The van der Waals surface area contributed by atoms with E-state index in [-0.39, 0.29) is 23.2 Å². The van der Waals surface area contributed by atoms with Crippen LogP contribution in [0.4, 0.5) is 5.69 Å². The van der Waals surface area contributed by atoms with Crippen LogP contribution in [-0.2, 0) is 19.1 Å². The van der Waals surface area contributed by atoms with E-state index < -0.39 is 28.3 Å². The number of nitro groups is 1. The lowest BCUT2D eigenvalue weighted by atomic mass is 9.94. The van der Waals surface area contributed by atoms with Gasteiger partial charge in [0.1, 0.15) is 12.8 Å². The Morgan fingerprint density at radius 1 is 1.48 bits per heavy atom. The van der Waals surface area contributed by atoms with E-state index in [1.165, 1.54) is 13.3 Å². The number of rotatable bonds is 7. The van der Waals surface area contributed by atoms with Crippen LogP contribution in [0.5, 0.6) is 0 Å². The topological polar surface area (TPSA) is 109 Å². The van der Waals surface area contributed by atoms with Gasteiger partial charge in [0.15, 0.2) is 11.7 Å². The SMILES string of the molecule is CCOC(=O)C(C(=O)COC)c1c(Br)cncc1[N+](=O)[O-]. The van der Waals surface area contributed by atoms with Crippen molar-refractivity contribution < 1.29 is 24.0 Å². The number of ether oxygens (including phenoxy) is 2. The van der Waals surface area contributed by atoms with Crippen molar-refractivity contribution in [2.24, 2.45) is 0 Å². The van der Waals surface area contributed by atoms with Gasteiger partial charge in [-0.1, -0.05) is 0 Å².